The van der Waals surface area contributed by atoms with Gasteiger partial charge in [0.05, 0.1) is 4.92 Å². The van der Waals surface area contributed by atoms with Crippen LogP contribution in [0.3, 0.4) is 0 Å². The van der Waals surface area contributed by atoms with Crippen molar-refractivity contribution in [3.8, 4) is 0 Å². The molecule has 1 saturated heterocycles. The van der Waals surface area contributed by atoms with Crippen molar-refractivity contribution in [2.45, 2.75) is 18.9 Å². The molecule has 1 fully saturated rings. The third kappa shape index (κ3) is 3.27. The molecule has 18 heavy (non-hydrogen) atoms. The number of nitro groups is 1. The molecule has 2 N–H and O–H groups in total. The summed E-state index contributed by atoms with van der Waals surface area (Å²) in [6.45, 7) is 1.44. The lowest BCUT2D eigenvalue weighted by Crippen LogP contribution is -2.32. The molecule has 0 spiro atoms. The van der Waals surface area contributed by atoms with E-state index in [0.717, 1.165) is 18.5 Å². The molecule has 1 unspecified atom stereocenters. The van der Waals surface area contributed by atoms with Crippen LogP contribution in [0.5, 0.6) is 0 Å². The highest BCUT2D eigenvalue weighted by Crippen LogP contribution is 2.12. The van der Waals surface area contributed by atoms with Gasteiger partial charge in [0.15, 0.2) is 0 Å². The van der Waals surface area contributed by atoms with E-state index < -0.39 is 4.92 Å². The summed E-state index contributed by atoms with van der Waals surface area (Å²) < 4.78 is 0. The van der Waals surface area contributed by atoms with Crippen LogP contribution in [0.4, 0.5) is 5.69 Å². The van der Waals surface area contributed by atoms with Gasteiger partial charge >= 0.3 is 0 Å². The van der Waals surface area contributed by atoms with Gasteiger partial charge < -0.3 is 10.6 Å². The van der Waals surface area contributed by atoms with Crippen LogP contribution >= 0.6 is 0 Å². The number of hydrogen-bond acceptors (Lipinski definition) is 4. The van der Waals surface area contributed by atoms with Crippen molar-refractivity contribution in [1.29, 1.82) is 0 Å². The van der Waals surface area contributed by atoms with E-state index in [4.69, 9.17) is 0 Å². The van der Waals surface area contributed by atoms with Crippen LogP contribution in [-0.2, 0) is 11.2 Å². The smallest absolute Gasteiger partial charge is 0.269 e. The predicted octanol–water partition coefficient (Wildman–Crippen LogP) is 0.615. The van der Waals surface area contributed by atoms with Crippen molar-refractivity contribution in [1.82, 2.24) is 10.6 Å². The van der Waals surface area contributed by atoms with Crippen LogP contribution < -0.4 is 10.6 Å². The van der Waals surface area contributed by atoms with Crippen LogP contribution in [0.2, 0.25) is 0 Å². The standard InChI is InChI=1S/C12H15N3O3/c16-12-7-10(8-14-12)13-6-5-9-1-3-11(4-2-9)15(17)18/h1-4,10,13H,5-8H2,(H,14,16). The molecule has 0 radical (unpaired) electrons. The Morgan fingerprint density at radius 3 is 2.67 bits per heavy atom. The molecule has 6 nitrogen and oxygen atoms in total. The minimum atomic E-state index is -0.405. The molecule has 1 heterocycles. The SMILES string of the molecule is O=C1CC(NCCc2ccc([N+](=O)[O-])cc2)CN1. The highest BCUT2D eigenvalue weighted by Gasteiger charge is 2.20. The average molecular weight is 249 g/mol. The largest absolute Gasteiger partial charge is 0.354 e. The van der Waals surface area contributed by atoms with Crippen LogP contribution in [0.1, 0.15) is 12.0 Å². The Morgan fingerprint density at radius 2 is 2.11 bits per heavy atom. The van der Waals surface area contributed by atoms with E-state index in [0.29, 0.717) is 13.0 Å². The second kappa shape index (κ2) is 5.59. The monoisotopic (exact) mass is 249 g/mol. The van der Waals surface area contributed by atoms with Crippen LogP contribution in [-0.4, -0.2) is 30.0 Å². The average Bonchev–Trinajstić information content (AvgIpc) is 2.76. The molecule has 96 valence electrons. The van der Waals surface area contributed by atoms with Gasteiger partial charge in [-0.1, -0.05) is 12.1 Å². The number of nitrogens with zero attached hydrogens (tertiary/aromatic N) is 1. The van der Waals surface area contributed by atoms with Gasteiger partial charge in [0.25, 0.3) is 5.69 Å². The van der Waals surface area contributed by atoms with Gasteiger partial charge in [-0.15, -0.1) is 0 Å². The summed E-state index contributed by atoms with van der Waals surface area (Å²) in [6.07, 6.45) is 1.32. The normalized spacial score (nSPS) is 18.7. The van der Waals surface area contributed by atoms with Crippen LogP contribution in [0.15, 0.2) is 24.3 Å². The van der Waals surface area contributed by atoms with E-state index in [1.807, 2.05) is 0 Å². The predicted molar refractivity (Wildman–Crippen MR) is 66.2 cm³/mol. The zero-order valence-corrected chi connectivity index (χ0v) is 9.89. The molecule has 2 rings (SSSR count). The Bertz CT molecular complexity index is 444. The van der Waals surface area contributed by atoms with E-state index in [1.54, 1.807) is 12.1 Å². The number of non-ortho nitro benzene ring substituents is 1. The maximum Gasteiger partial charge on any atom is 0.269 e. The summed E-state index contributed by atoms with van der Waals surface area (Å²) in [5.74, 6) is 0.0860. The zero-order valence-electron chi connectivity index (χ0n) is 9.89. The Labute approximate surface area is 105 Å². The minimum Gasteiger partial charge on any atom is -0.354 e. The zero-order chi connectivity index (χ0) is 13.0. The van der Waals surface area contributed by atoms with Gasteiger partial charge in [0, 0.05) is 31.1 Å². The maximum atomic E-state index is 11.0. The number of hydrogen-bond donors (Lipinski definition) is 2. The first-order valence-electron chi connectivity index (χ1n) is 5.88. The summed E-state index contributed by atoms with van der Waals surface area (Å²) in [7, 11) is 0. The molecule has 1 atom stereocenters. The van der Waals surface area contributed by atoms with Crippen molar-refractivity contribution >= 4 is 11.6 Å². The highest BCUT2D eigenvalue weighted by atomic mass is 16.6. The van der Waals surface area contributed by atoms with E-state index in [1.165, 1.54) is 12.1 Å². The number of carbonyl (C=O) groups excluding carboxylic acids is 1. The lowest BCUT2D eigenvalue weighted by atomic mass is 10.1. The molecule has 0 saturated carbocycles. The lowest BCUT2D eigenvalue weighted by molar-refractivity contribution is -0.384. The van der Waals surface area contributed by atoms with Gasteiger partial charge in [-0.25, -0.2) is 0 Å². The molecule has 1 aromatic carbocycles. The fourth-order valence-electron chi connectivity index (χ4n) is 1.95. The summed E-state index contributed by atoms with van der Waals surface area (Å²) in [5, 5.41) is 16.5. The van der Waals surface area contributed by atoms with Gasteiger partial charge in [0.1, 0.15) is 0 Å². The number of amides is 1. The number of rotatable bonds is 5. The van der Waals surface area contributed by atoms with Gasteiger partial charge in [-0.3, -0.25) is 14.9 Å². The molecule has 6 heteroatoms. The molecule has 0 bridgehead atoms. The number of carbonyl (C=O) groups is 1. The number of nitro benzene ring substituents is 1. The van der Waals surface area contributed by atoms with Crippen LogP contribution in [0, 0.1) is 10.1 Å². The van der Waals surface area contributed by atoms with E-state index >= 15 is 0 Å². The Balaban J connectivity index is 1.76. The Hall–Kier alpha value is -1.95. The summed E-state index contributed by atoms with van der Waals surface area (Å²) in [4.78, 5) is 21.1. The number of benzene rings is 1. The minimum absolute atomic E-state index is 0.0860. The molecule has 0 aliphatic carbocycles. The number of nitrogens with one attached hydrogen (secondary N) is 2. The quantitative estimate of drug-likeness (QED) is 0.591. The maximum absolute atomic E-state index is 11.0. The fraction of sp³-hybridized carbons (Fsp3) is 0.417. The van der Waals surface area contributed by atoms with Gasteiger partial charge in [0.2, 0.25) is 5.91 Å². The molecule has 1 amide bonds. The first-order valence-corrected chi connectivity index (χ1v) is 5.88. The molecular weight excluding hydrogens is 234 g/mol. The van der Waals surface area contributed by atoms with Crippen molar-refractivity contribution in [2.24, 2.45) is 0 Å². The Morgan fingerprint density at radius 1 is 1.39 bits per heavy atom. The first-order chi connectivity index (χ1) is 8.65. The lowest BCUT2D eigenvalue weighted by Gasteiger charge is -2.09. The third-order valence-corrected chi connectivity index (χ3v) is 2.97. The van der Waals surface area contributed by atoms with E-state index in [9.17, 15) is 14.9 Å². The Kier molecular flexibility index (Phi) is 3.88. The molecule has 0 aromatic heterocycles. The summed E-state index contributed by atoms with van der Waals surface area (Å²) in [5.41, 5.74) is 1.16. The fourth-order valence-corrected chi connectivity index (χ4v) is 1.95. The first kappa shape index (κ1) is 12.5. The summed E-state index contributed by atoms with van der Waals surface area (Å²) >= 11 is 0. The summed E-state index contributed by atoms with van der Waals surface area (Å²) in [6, 6.07) is 6.75. The molecular formula is C12H15N3O3. The second-order valence-electron chi connectivity index (χ2n) is 4.33. The molecule has 1 aliphatic rings. The topological polar surface area (TPSA) is 84.3 Å². The molecule has 1 aromatic rings. The second-order valence-corrected chi connectivity index (χ2v) is 4.33. The van der Waals surface area contributed by atoms with Gasteiger partial charge in [-0.05, 0) is 18.5 Å². The molecule has 1 aliphatic heterocycles. The van der Waals surface area contributed by atoms with Crippen molar-refractivity contribution in [3.63, 3.8) is 0 Å². The van der Waals surface area contributed by atoms with Crippen molar-refractivity contribution < 1.29 is 9.72 Å². The van der Waals surface area contributed by atoms with E-state index in [2.05, 4.69) is 10.6 Å². The van der Waals surface area contributed by atoms with E-state index in [-0.39, 0.29) is 17.6 Å². The highest BCUT2D eigenvalue weighted by molar-refractivity contribution is 5.78. The van der Waals surface area contributed by atoms with Crippen molar-refractivity contribution in [2.75, 3.05) is 13.1 Å². The van der Waals surface area contributed by atoms with Crippen LogP contribution in [0.25, 0.3) is 0 Å². The van der Waals surface area contributed by atoms with Gasteiger partial charge in [-0.2, -0.15) is 0 Å². The van der Waals surface area contributed by atoms with Crippen molar-refractivity contribution in [3.05, 3.63) is 39.9 Å². The third-order valence-electron chi connectivity index (χ3n) is 2.97.